The van der Waals surface area contributed by atoms with Gasteiger partial charge in [0.1, 0.15) is 0 Å². The van der Waals surface area contributed by atoms with Gasteiger partial charge in [0.15, 0.2) is 5.69 Å². The topological polar surface area (TPSA) is 92.0 Å². The fourth-order valence-electron chi connectivity index (χ4n) is 4.03. The number of thiophene rings is 1. The van der Waals surface area contributed by atoms with E-state index < -0.39 is 21.9 Å². The molecule has 3 heterocycles. The molecule has 0 radical (unpaired) electrons. The summed E-state index contributed by atoms with van der Waals surface area (Å²) in [5.74, 6) is 0.0775. The summed E-state index contributed by atoms with van der Waals surface area (Å²) in [5, 5.41) is 10.2. The highest BCUT2D eigenvalue weighted by Gasteiger charge is 2.35. The first-order valence-corrected chi connectivity index (χ1v) is 14.8. The number of nitrogens with one attached hydrogen (secondary N) is 1. The van der Waals surface area contributed by atoms with Crippen LogP contribution in [0.5, 0.6) is 0 Å². The molecule has 1 saturated heterocycles. The molecule has 0 unspecified atom stereocenters. The van der Waals surface area contributed by atoms with Gasteiger partial charge in [-0.15, -0.1) is 15.7 Å². The number of guanidine groups is 1. The largest absolute Gasteiger partial charge is 0.435 e. The Labute approximate surface area is 237 Å². The first-order valence-electron chi connectivity index (χ1n) is 12.1. The molecule has 0 atom stereocenters. The Balaban J connectivity index is 1.43. The van der Waals surface area contributed by atoms with Gasteiger partial charge in [0.05, 0.1) is 27.4 Å². The lowest BCUT2D eigenvalue weighted by Gasteiger charge is -2.18. The Morgan fingerprint density at radius 3 is 2.38 bits per heavy atom. The third-order valence-corrected chi connectivity index (χ3v) is 8.44. The highest BCUT2D eigenvalue weighted by Crippen LogP contribution is 2.35. The van der Waals surface area contributed by atoms with Crippen LogP contribution in [-0.4, -0.2) is 48.4 Å². The molecule has 2 aromatic carbocycles. The van der Waals surface area contributed by atoms with Crippen LogP contribution in [0, 0.1) is 0 Å². The molecule has 208 valence electrons. The summed E-state index contributed by atoms with van der Waals surface area (Å²) in [5.41, 5.74) is 2.97. The van der Waals surface area contributed by atoms with Gasteiger partial charge in [-0.25, -0.2) is 10.1 Å². The number of hydrogen-bond donors (Lipinski definition) is 1. The smallest absolute Gasteiger partial charge is 0.341 e. The third kappa shape index (κ3) is 6.37. The van der Waals surface area contributed by atoms with E-state index in [2.05, 4.69) is 20.0 Å². The molecule has 1 N–H and O–H groups in total. The quantitative estimate of drug-likeness (QED) is 0.164. The SMILES string of the molecule is O=S(=O)(N=C(NN=Cc1ccc(Cl)cc1)N1CCCC1)c1ccc(-n2nc(C(F)(F)F)cc2-c2cccs2)cc1. The number of likely N-dealkylation sites (tertiary alicyclic amines) is 1. The van der Waals surface area contributed by atoms with Crippen molar-refractivity contribution in [2.45, 2.75) is 23.9 Å². The number of hydrogen-bond acceptors (Lipinski definition) is 5. The van der Waals surface area contributed by atoms with E-state index in [4.69, 9.17) is 11.6 Å². The predicted octanol–water partition coefficient (Wildman–Crippen LogP) is 6.04. The Morgan fingerprint density at radius 2 is 1.75 bits per heavy atom. The Morgan fingerprint density at radius 1 is 1.05 bits per heavy atom. The van der Waals surface area contributed by atoms with Crippen molar-refractivity contribution in [2.24, 2.45) is 9.50 Å². The summed E-state index contributed by atoms with van der Waals surface area (Å²) in [6, 6.07) is 16.7. The normalized spacial score (nSPS) is 14.8. The van der Waals surface area contributed by atoms with Gasteiger partial charge in [-0.05, 0) is 72.3 Å². The molecule has 40 heavy (non-hydrogen) atoms. The van der Waals surface area contributed by atoms with Crippen LogP contribution in [0.15, 0.2) is 86.5 Å². The zero-order chi connectivity index (χ0) is 28.3. The van der Waals surface area contributed by atoms with Gasteiger partial charge >= 0.3 is 6.18 Å². The maximum absolute atomic E-state index is 13.4. The lowest BCUT2D eigenvalue weighted by molar-refractivity contribution is -0.141. The minimum Gasteiger partial charge on any atom is -0.341 e. The number of benzene rings is 2. The van der Waals surface area contributed by atoms with Crippen molar-refractivity contribution in [3.05, 3.63) is 88.4 Å². The van der Waals surface area contributed by atoms with Crippen molar-refractivity contribution >= 4 is 45.1 Å². The lowest BCUT2D eigenvalue weighted by atomic mass is 10.2. The second kappa shape index (κ2) is 11.4. The van der Waals surface area contributed by atoms with E-state index in [9.17, 15) is 21.6 Å². The fraction of sp³-hybridized carbons (Fsp3) is 0.192. The molecule has 1 fully saturated rings. The van der Waals surface area contributed by atoms with Crippen LogP contribution in [0.3, 0.4) is 0 Å². The van der Waals surface area contributed by atoms with Crippen molar-refractivity contribution in [1.82, 2.24) is 20.1 Å². The monoisotopic (exact) mass is 606 g/mol. The zero-order valence-electron chi connectivity index (χ0n) is 20.7. The van der Waals surface area contributed by atoms with Gasteiger partial charge in [-0.1, -0.05) is 29.8 Å². The van der Waals surface area contributed by atoms with Crippen molar-refractivity contribution in [3.8, 4) is 16.3 Å². The van der Waals surface area contributed by atoms with E-state index in [1.165, 1.54) is 41.8 Å². The standard InChI is InChI=1S/C26H22ClF3N6O2S2/c27-19-7-5-18(6-8-19)17-31-32-25(35-13-1-2-14-35)34-40(37,38)21-11-9-20(10-12-21)36-22(23-4-3-15-39-23)16-24(33-36)26(28,29)30/h3-12,15-17H,1-2,13-14H2,(H,32,34). The minimum atomic E-state index is -4.63. The molecular formula is C26H22ClF3N6O2S2. The summed E-state index contributed by atoms with van der Waals surface area (Å²) >= 11 is 7.18. The van der Waals surface area contributed by atoms with Crippen LogP contribution >= 0.6 is 22.9 Å². The lowest BCUT2D eigenvalue weighted by Crippen LogP contribution is -2.37. The van der Waals surface area contributed by atoms with E-state index in [1.54, 1.807) is 46.7 Å². The van der Waals surface area contributed by atoms with Crippen molar-refractivity contribution in [2.75, 3.05) is 13.1 Å². The van der Waals surface area contributed by atoms with Gasteiger partial charge in [0.2, 0.25) is 5.96 Å². The number of aromatic nitrogens is 2. The summed E-state index contributed by atoms with van der Waals surface area (Å²) in [6.45, 7) is 1.23. The molecule has 1 aliphatic heterocycles. The highest BCUT2D eigenvalue weighted by molar-refractivity contribution is 7.90. The maximum atomic E-state index is 13.4. The summed E-state index contributed by atoms with van der Waals surface area (Å²) < 4.78 is 71.8. The summed E-state index contributed by atoms with van der Waals surface area (Å²) in [7, 11) is -4.18. The van der Waals surface area contributed by atoms with Crippen LogP contribution in [0.25, 0.3) is 16.3 Å². The van der Waals surface area contributed by atoms with Gasteiger partial charge < -0.3 is 4.90 Å². The number of halogens is 4. The average molecular weight is 607 g/mol. The van der Waals surface area contributed by atoms with E-state index in [1.807, 2.05) is 0 Å². The molecule has 5 rings (SSSR count). The van der Waals surface area contributed by atoms with Crippen LogP contribution in [-0.2, 0) is 16.2 Å². The fourth-order valence-corrected chi connectivity index (χ4v) is 5.86. The van der Waals surface area contributed by atoms with Crippen molar-refractivity contribution < 1.29 is 21.6 Å². The second-order valence-electron chi connectivity index (χ2n) is 8.80. The highest BCUT2D eigenvalue weighted by atomic mass is 35.5. The van der Waals surface area contributed by atoms with Gasteiger partial charge in [-0.3, -0.25) is 0 Å². The predicted molar refractivity (Wildman–Crippen MR) is 149 cm³/mol. The van der Waals surface area contributed by atoms with Crippen molar-refractivity contribution in [3.63, 3.8) is 0 Å². The molecule has 0 amide bonds. The number of alkyl halides is 3. The first kappa shape index (κ1) is 27.9. The molecule has 4 aromatic rings. The van der Waals surface area contributed by atoms with E-state index in [-0.39, 0.29) is 22.2 Å². The van der Waals surface area contributed by atoms with Gasteiger partial charge in [-0.2, -0.15) is 31.8 Å². The number of sulfonamides is 1. The van der Waals surface area contributed by atoms with Crippen molar-refractivity contribution in [1.29, 1.82) is 0 Å². The molecule has 2 aromatic heterocycles. The Hall–Kier alpha value is -3.68. The number of hydrazone groups is 1. The van der Waals surface area contributed by atoms with Crippen LogP contribution in [0.4, 0.5) is 13.2 Å². The number of rotatable bonds is 6. The van der Waals surface area contributed by atoms with E-state index >= 15 is 0 Å². The Kier molecular flexibility index (Phi) is 7.97. The van der Waals surface area contributed by atoms with Gasteiger partial charge in [0.25, 0.3) is 10.0 Å². The molecule has 0 aliphatic carbocycles. The van der Waals surface area contributed by atoms with Crippen LogP contribution in [0.2, 0.25) is 5.02 Å². The van der Waals surface area contributed by atoms with Gasteiger partial charge in [0, 0.05) is 18.1 Å². The first-order chi connectivity index (χ1) is 19.1. The zero-order valence-corrected chi connectivity index (χ0v) is 23.1. The molecule has 0 spiro atoms. The summed E-state index contributed by atoms with van der Waals surface area (Å²) in [4.78, 5) is 2.25. The molecule has 14 heteroatoms. The Bertz CT molecular complexity index is 1630. The molecule has 8 nitrogen and oxygen atoms in total. The number of nitrogens with zero attached hydrogens (tertiary/aromatic N) is 5. The molecule has 0 saturated carbocycles. The van der Waals surface area contributed by atoms with E-state index in [0.29, 0.717) is 23.0 Å². The van der Waals surface area contributed by atoms with Crippen LogP contribution in [0.1, 0.15) is 24.1 Å². The molecule has 0 bridgehead atoms. The molecular weight excluding hydrogens is 585 g/mol. The van der Waals surface area contributed by atoms with Crippen LogP contribution < -0.4 is 5.43 Å². The van der Waals surface area contributed by atoms with E-state index in [0.717, 1.165) is 29.2 Å². The third-order valence-electron chi connectivity index (χ3n) is 6.01. The molecule has 1 aliphatic rings. The average Bonchev–Trinajstić information content (AvgIpc) is 3.71. The second-order valence-corrected chi connectivity index (χ2v) is 11.8. The summed E-state index contributed by atoms with van der Waals surface area (Å²) in [6.07, 6.45) is -1.35. The minimum absolute atomic E-state index is 0.0775. The maximum Gasteiger partial charge on any atom is 0.435 e.